The fourth-order valence-electron chi connectivity index (χ4n) is 1.06. The average molecular weight is 250 g/mol. The second kappa shape index (κ2) is 3.93. The molecule has 0 aliphatic rings. The summed E-state index contributed by atoms with van der Waals surface area (Å²) in [6.45, 7) is -0.0258. The number of halogens is 2. The highest BCUT2D eigenvalue weighted by molar-refractivity contribution is 9.10. The lowest BCUT2D eigenvalue weighted by Crippen LogP contribution is -2.03. The van der Waals surface area contributed by atoms with Crippen LogP contribution in [0.3, 0.4) is 0 Å². The molecule has 0 saturated heterocycles. The predicted molar refractivity (Wildman–Crippen MR) is 50.2 cm³/mol. The fraction of sp³-hybridized carbons (Fsp3) is 0.250. The highest BCUT2D eigenvalue weighted by atomic mass is 79.9. The van der Waals surface area contributed by atoms with Crippen molar-refractivity contribution in [1.29, 1.82) is 0 Å². The molecule has 0 heterocycles. The van der Waals surface area contributed by atoms with Crippen LogP contribution in [0.4, 0.5) is 4.39 Å². The Morgan fingerprint density at radius 3 is 2.77 bits per heavy atom. The smallest absolute Gasteiger partial charge is 0.167 e. The van der Waals surface area contributed by atoms with E-state index in [2.05, 4.69) is 15.9 Å². The summed E-state index contributed by atoms with van der Waals surface area (Å²) in [5.41, 5.74) is 5.47. The highest BCUT2D eigenvalue weighted by Gasteiger charge is 2.15. The third-order valence-electron chi connectivity index (χ3n) is 1.65. The number of rotatable bonds is 2. The van der Waals surface area contributed by atoms with Gasteiger partial charge in [-0.15, -0.1) is 0 Å². The van der Waals surface area contributed by atoms with Crippen LogP contribution in [0.5, 0.6) is 11.5 Å². The fourth-order valence-corrected chi connectivity index (χ4v) is 1.51. The first-order valence-electron chi connectivity index (χ1n) is 3.55. The van der Waals surface area contributed by atoms with Crippen LogP contribution in [0.25, 0.3) is 0 Å². The van der Waals surface area contributed by atoms with E-state index >= 15 is 0 Å². The van der Waals surface area contributed by atoms with Crippen molar-refractivity contribution >= 4 is 15.9 Å². The summed E-state index contributed by atoms with van der Waals surface area (Å²) in [7, 11) is 1.35. The number of nitrogens with two attached hydrogens (primary N) is 1. The number of ether oxygens (including phenoxy) is 1. The van der Waals surface area contributed by atoms with E-state index in [1.165, 1.54) is 13.2 Å². The number of phenols is 1. The van der Waals surface area contributed by atoms with Gasteiger partial charge in [0, 0.05) is 18.2 Å². The van der Waals surface area contributed by atoms with E-state index in [0.717, 1.165) is 0 Å². The first-order valence-corrected chi connectivity index (χ1v) is 4.35. The van der Waals surface area contributed by atoms with Gasteiger partial charge in [0.2, 0.25) is 0 Å². The predicted octanol–water partition coefficient (Wildman–Crippen LogP) is 1.76. The number of methoxy groups -OCH3 is 1. The van der Waals surface area contributed by atoms with Crippen molar-refractivity contribution in [3.63, 3.8) is 0 Å². The van der Waals surface area contributed by atoms with Gasteiger partial charge in [-0.3, -0.25) is 0 Å². The van der Waals surface area contributed by atoms with Crippen LogP contribution in [-0.4, -0.2) is 12.2 Å². The molecule has 0 amide bonds. The molecule has 0 radical (unpaired) electrons. The Hall–Kier alpha value is -0.810. The minimum absolute atomic E-state index is 0.0258. The number of hydrogen-bond donors (Lipinski definition) is 2. The van der Waals surface area contributed by atoms with Gasteiger partial charge in [-0.05, 0) is 15.9 Å². The summed E-state index contributed by atoms with van der Waals surface area (Å²) in [5.74, 6) is -0.545. The molecule has 0 aromatic heterocycles. The Morgan fingerprint density at radius 2 is 2.31 bits per heavy atom. The maximum atomic E-state index is 13.3. The van der Waals surface area contributed by atoms with Crippen LogP contribution in [0.2, 0.25) is 0 Å². The molecule has 0 aliphatic carbocycles. The Bertz CT molecular complexity index is 330. The molecule has 1 aromatic carbocycles. The molecule has 3 nitrogen and oxygen atoms in total. The van der Waals surface area contributed by atoms with Gasteiger partial charge in [-0.1, -0.05) is 0 Å². The molecule has 0 unspecified atom stereocenters. The molecule has 1 rings (SSSR count). The molecule has 5 heteroatoms. The molecule has 0 atom stereocenters. The summed E-state index contributed by atoms with van der Waals surface area (Å²) in [4.78, 5) is 0. The number of benzene rings is 1. The van der Waals surface area contributed by atoms with Crippen molar-refractivity contribution in [3.05, 3.63) is 21.9 Å². The first kappa shape index (κ1) is 10.3. The maximum Gasteiger partial charge on any atom is 0.167 e. The lowest BCUT2D eigenvalue weighted by Gasteiger charge is -2.10. The van der Waals surface area contributed by atoms with Crippen molar-refractivity contribution in [2.45, 2.75) is 6.54 Å². The Balaban J connectivity index is 3.41. The van der Waals surface area contributed by atoms with Gasteiger partial charge in [-0.2, -0.15) is 0 Å². The van der Waals surface area contributed by atoms with Gasteiger partial charge in [0.05, 0.1) is 11.6 Å². The zero-order chi connectivity index (χ0) is 10.0. The topological polar surface area (TPSA) is 55.5 Å². The van der Waals surface area contributed by atoms with Crippen LogP contribution < -0.4 is 10.5 Å². The lowest BCUT2D eigenvalue weighted by atomic mass is 10.1. The van der Waals surface area contributed by atoms with Crippen molar-refractivity contribution in [2.75, 3.05) is 7.11 Å². The maximum absolute atomic E-state index is 13.3. The molecule has 3 N–H and O–H groups in total. The van der Waals surface area contributed by atoms with E-state index in [1.807, 2.05) is 0 Å². The minimum atomic E-state index is -0.503. The molecule has 1 aromatic rings. The number of aromatic hydroxyl groups is 1. The number of hydrogen-bond acceptors (Lipinski definition) is 3. The lowest BCUT2D eigenvalue weighted by molar-refractivity contribution is 0.364. The van der Waals surface area contributed by atoms with Crippen molar-refractivity contribution in [2.24, 2.45) is 5.73 Å². The normalized spacial score (nSPS) is 10.2. The third kappa shape index (κ3) is 1.76. The Labute approximate surface area is 83.4 Å². The second-order valence-electron chi connectivity index (χ2n) is 2.41. The molecule has 0 bridgehead atoms. The molecular weight excluding hydrogens is 241 g/mol. The van der Waals surface area contributed by atoms with Gasteiger partial charge in [0.25, 0.3) is 0 Å². The highest BCUT2D eigenvalue weighted by Crippen LogP contribution is 2.36. The quantitative estimate of drug-likeness (QED) is 0.840. The Morgan fingerprint density at radius 1 is 1.69 bits per heavy atom. The van der Waals surface area contributed by atoms with Crippen molar-refractivity contribution < 1.29 is 14.2 Å². The minimum Gasteiger partial charge on any atom is -0.504 e. The number of phenolic OH excluding ortho intramolecular Hbond substituents is 1. The zero-order valence-electron chi connectivity index (χ0n) is 6.97. The third-order valence-corrected chi connectivity index (χ3v) is 2.23. The van der Waals surface area contributed by atoms with Crippen LogP contribution in [-0.2, 0) is 6.54 Å². The largest absolute Gasteiger partial charge is 0.504 e. The second-order valence-corrected chi connectivity index (χ2v) is 3.26. The van der Waals surface area contributed by atoms with Gasteiger partial charge >= 0.3 is 0 Å². The van der Waals surface area contributed by atoms with Gasteiger partial charge in [-0.25, -0.2) is 4.39 Å². The molecule has 0 saturated carbocycles. The van der Waals surface area contributed by atoms with E-state index in [9.17, 15) is 9.50 Å². The summed E-state index contributed by atoms with van der Waals surface area (Å²) in [6, 6.07) is 1.23. The molecule has 0 aliphatic heterocycles. The van der Waals surface area contributed by atoms with E-state index in [1.54, 1.807) is 0 Å². The molecule has 72 valence electrons. The van der Waals surface area contributed by atoms with Crippen LogP contribution in [0.15, 0.2) is 10.5 Å². The van der Waals surface area contributed by atoms with E-state index in [4.69, 9.17) is 10.5 Å². The van der Waals surface area contributed by atoms with Crippen molar-refractivity contribution in [3.8, 4) is 11.5 Å². The standard InChI is InChI=1S/C8H9BrFNO2/c1-13-8-4(3-11)7(10)5(9)2-6(8)12/h2,12H,3,11H2,1H3. The zero-order valence-corrected chi connectivity index (χ0v) is 8.56. The average Bonchev–Trinajstić information content (AvgIpc) is 2.10. The summed E-state index contributed by atoms with van der Waals surface area (Å²) in [5, 5.41) is 9.35. The summed E-state index contributed by atoms with van der Waals surface area (Å²) >= 11 is 2.95. The van der Waals surface area contributed by atoms with Crippen LogP contribution in [0.1, 0.15) is 5.56 Å². The van der Waals surface area contributed by atoms with E-state index in [-0.39, 0.29) is 28.1 Å². The van der Waals surface area contributed by atoms with Crippen LogP contribution >= 0.6 is 15.9 Å². The van der Waals surface area contributed by atoms with Gasteiger partial charge in [0.15, 0.2) is 11.5 Å². The Kier molecular flexibility index (Phi) is 3.11. The molecule has 13 heavy (non-hydrogen) atoms. The molecule has 0 fully saturated rings. The summed E-state index contributed by atoms with van der Waals surface area (Å²) < 4.78 is 18.3. The molecule has 0 spiro atoms. The monoisotopic (exact) mass is 249 g/mol. The van der Waals surface area contributed by atoms with E-state index < -0.39 is 5.82 Å². The molecular formula is C8H9BrFNO2. The van der Waals surface area contributed by atoms with Gasteiger partial charge in [0.1, 0.15) is 5.82 Å². The van der Waals surface area contributed by atoms with Crippen LogP contribution in [0, 0.1) is 5.82 Å². The van der Waals surface area contributed by atoms with Crippen molar-refractivity contribution in [1.82, 2.24) is 0 Å². The first-order chi connectivity index (χ1) is 6.11. The van der Waals surface area contributed by atoms with Gasteiger partial charge < -0.3 is 15.6 Å². The van der Waals surface area contributed by atoms with E-state index in [0.29, 0.717) is 0 Å². The summed E-state index contributed by atoms with van der Waals surface area (Å²) in [6.07, 6.45) is 0. The SMILES string of the molecule is COc1c(O)cc(Br)c(F)c1CN.